The third-order valence-electron chi connectivity index (χ3n) is 3.95. The molecule has 5 heteroatoms. The SMILES string of the molecule is O=C(COc1ccccc1CNCc1ccccc1)Nc1ccc(Br)cc1. The van der Waals surface area contributed by atoms with Crippen LogP contribution in [0.5, 0.6) is 5.75 Å². The number of ether oxygens (including phenoxy) is 1. The normalized spacial score (nSPS) is 10.4. The molecule has 0 saturated heterocycles. The Balaban J connectivity index is 1.51. The summed E-state index contributed by atoms with van der Waals surface area (Å²) in [6, 6.07) is 25.4. The van der Waals surface area contributed by atoms with E-state index in [1.165, 1.54) is 5.56 Å². The maximum absolute atomic E-state index is 12.1. The molecule has 0 fully saturated rings. The molecule has 0 bridgehead atoms. The van der Waals surface area contributed by atoms with Crippen molar-refractivity contribution in [3.05, 3.63) is 94.5 Å². The monoisotopic (exact) mass is 424 g/mol. The number of hydrogen-bond donors (Lipinski definition) is 2. The Bertz CT molecular complexity index is 867. The third kappa shape index (κ3) is 6.24. The number of nitrogens with one attached hydrogen (secondary N) is 2. The summed E-state index contributed by atoms with van der Waals surface area (Å²) < 4.78 is 6.70. The minimum absolute atomic E-state index is 0.0359. The zero-order valence-electron chi connectivity index (χ0n) is 14.8. The Morgan fingerprint density at radius 1 is 0.852 bits per heavy atom. The van der Waals surface area contributed by atoms with Crippen LogP contribution in [0, 0.1) is 0 Å². The van der Waals surface area contributed by atoms with Gasteiger partial charge in [0.05, 0.1) is 0 Å². The van der Waals surface area contributed by atoms with E-state index in [2.05, 4.69) is 38.7 Å². The van der Waals surface area contributed by atoms with Gasteiger partial charge in [0, 0.05) is 28.8 Å². The van der Waals surface area contributed by atoms with Crippen LogP contribution in [0.1, 0.15) is 11.1 Å². The lowest BCUT2D eigenvalue weighted by Crippen LogP contribution is -2.21. The molecule has 0 spiro atoms. The molecule has 0 saturated carbocycles. The number of anilines is 1. The van der Waals surface area contributed by atoms with Gasteiger partial charge in [-0.05, 0) is 35.9 Å². The quantitative estimate of drug-likeness (QED) is 0.548. The van der Waals surface area contributed by atoms with Gasteiger partial charge in [-0.1, -0.05) is 64.5 Å². The van der Waals surface area contributed by atoms with E-state index in [0.29, 0.717) is 12.3 Å². The molecule has 3 rings (SSSR count). The number of hydrogen-bond acceptors (Lipinski definition) is 3. The van der Waals surface area contributed by atoms with Gasteiger partial charge in [0.2, 0.25) is 0 Å². The number of carbonyl (C=O) groups is 1. The van der Waals surface area contributed by atoms with Gasteiger partial charge < -0.3 is 15.4 Å². The summed E-state index contributed by atoms with van der Waals surface area (Å²) in [5, 5.41) is 6.23. The Hall–Kier alpha value is -2.63. The molecule has 0 aliphatic carbocycles. The van der Waals surface area contributed by atoms with E-state index in [9.17, 15) is 4.79 Å². The molecule has 2 N–H and O–H groups in total. The summed E-state index contributed by atoms with van der Waals surface area (Å²) in [5.41, 5.74) is 2.99. The molecular weight excluding hydrogens is 404 g/mol. The predicted octanol–water partition coefficient (Wildman–Crippen LogP) is 4.76. The molecule has 27 heavy (non-hydrogen) atoms. The summed E-state index contributed by atoms with van der Waals surface area (Å²) in [6.45, 7) is 1.41. The van der Waals surface area contributed by atoms with Crippen LogP contribution in [0.15, 0.2) is 83.3 Å². The van der Waals surface area contributed by atoms with Crippen molar-refractivity contribution in [3.8, 4) is 5.75 Å². The van der Waals surface area contributed by atoms with Gasteiger partial charge in [0.1, 0.15) is 5.75 Å². The Labute approximate surface area is 167 Å². The first kappa shape index (κ1) is 19.1. The molecule has 0 atom stereocenters. The molecule has 138 valence electrons. The van der Waals surface area contributed by atoms with Crippen LogP contribution in [0.25, 0.3) is 0 Å². The minimum Gasteiger partial charge on any atom is -0.483 e. The summed E-state index contributed by atoms with van der Waals surface area (Å²) in [4.78, 5) is 12.1. The smallest absolute Gasteiger partial charge is 0.262 e. The zero-order chi connectivity index (χ0) is 18.9. The van der Waals surface area contributed by atoms with Crippen LogP contribution < -0.4 is 15.4 Å². The van der Waals surface area contributed by atoms with E-state index in [-0.39, 0.29) is 12.5 Å². The lowest BCUT2D eigenvalue weighted by atomic mass is 10.2. The zero-order valence-corrected chi connectivity index (χ0v) is 16.4. The van der Waals surface area contributed by atoms with E-state index in [4.69, 9.17) is 4.74 Å². The lowest BCUT2D eigenvalue weighted by Gasteiger charge is -2.12. The second-order valence-electron chi connectivity index (χ2n) is 6.04. The van der Waals surface area contributed by atoms with Crippen LogP contribution >= 0.6 is 15.9 Å². The fourth-order valence-corrected chi connectivity index (χ4v) is 2.87. The number of carbonyl (C=O) groups excluding carboxylic acids is 1. The third-order valence-corrected chi connectivity index (χ3v) is 4.48. The Morgan fingerprint density at radius 2 is 1.56 bits per heavy atom. The van der Waals surface area contributed by atoms with Crippen molar-refractivity contribution in [2.24, 2.45) is 0 Å². The van der Waals surface area contributed by atoms with Gasteiger partial charge in [0.15, 0.2) is 6.61 Å². The Kier molecular flexibility index (Phi) is 7.02. The molecule has 0 unspecified atom stereocenters. The van der Waals surface area contributed by atoms with E-state index in [0.717, 1.165) is 22.3 Å². The Morgan fingerprint density at radius 3 is 2.33 bits per heavy atom. The molecule has 0 aliphatic rings. The fraction of sp³-hybridized carbons (Fsp3) is 0.136. The summed E-state index contributed by atoms with van der Waals surface area (Å²) in [6.07, 6.45) is 0. The second kappa shape index (κ2) is 9.90. The maximum Gasteiger partial charge on any atom is 0.262 e. The molecule has 3 aromatic carbocycles. The van der Waals surface area contributed by atoms with E-state index >= 15 is 0 Å². The van der Waals surface area contributed by atoms with Crippen molar-refractivity contribution in [3.63, 3.8) is 0 Å². The molecule has 0 aromatic heterocycles. The first-order chi connectivity index (χ1) is 13.2. The molecular formula is C22H21BrN2O2. The number of rotatable bonds is 8. The van der Waals surface area contributed by atoms with Crippen LogP contribution in [0.3, 0.4) is 0 Å². The van der Waals surface area contributed by atoms with Gasteiger partial charge in [-0.3, -0.25) is 4.79 Å². The second-order valence-corrected chi connectivity index (χ2v) is 6.96. The average molecular weight is 425 g/mol. The van der Waals surface area contributed by atoms with Crippen molar-refractivity contribution in [2.75, 3.05) is 11.9 Å². The number of para-hydroxylation sites is 1. The van der Waals surface area contributed by atoms with Crippen LogP contribution in [-0.4, -0.2) is 12.5 Å². The highest BCUT2D eigenvalue weighted by atomic mass is 79.9. The summed E-state index contributed by atoms with van der Waals surface area (Å²) in [5.74, 6) is 0.522. The van der Waals surface area contributed by atoms with Crippen molar-refractivity contribution in [1.82, 2.24) is 5.32 Å². The van der Waals surface area contributed by atoms with Gasteiger partial charge >= 0.3 is 0 Å². The van der Waals surface area contributed by atoms with Crippen LogP contribution in [0.4, 0.5) is 5.69 Å². The van der Waals surface area contributed by atoms with Gasteiger partial charge in [-0.25, -0.2) is 0 Å². The highest BCUT2D eigenvalue weighted by Crippen LogP contribution is 2.18. The lowest BCUT2D eigenvalue weighted by molar-refractivity contribution is -0.118. The van der Waals surface area contributed by atoms with Crippen LogP contribution in [0.2, 0.25) is 0 Å². The average Bonchev–Trinajstić information content (AvgIpc) is 2.70. The molecule has 1 amide bonds. The van der Waals surface area contributed by atoms with Crippen LogP contribution in [-0.2, 0) is 17.9 Å². The fourth-order valence-electron chi connectivity index (χ4n) is 2.60. The molecule has 4 nitrogen and oxygen atoms in total. The largest absolute Gasteiger partial charge is 0.483 e. The summed E-state index contributed by atoms with van der Waals surface area (Å²) >= 11 is 3.37. The topological polar surface area (TPSA) is 50.4 Å². The molecule has 0 heterocycles. The number of halogens is 1. The van der Waals surface area contributed by atoms with Crippen molar-refractivity contribution in [2.45, 2.75) is 13.1 Å². The first-order valence-corrected chi connectivity index (χ1v) is 9.51. The van der Waals surface area contributed by atoms with Gasteiger partial charge in [0.25, 0.3) is 5.91 Å². The highest BCUT2D eigenvalue weighted by molar-refractivity contribution is 9.10. The van der Waals surface area contributed by atoms with Gasteiger partial charge in [-0.2, -0.15) is 0 Å². The van der Waals surface area contributed by atoms with Crippen molar-refractivity contribution >= 4 is 27.5 Å². The minimum atomic E-state index is -0.190. The molecule has 0 radical (unpaired) electrons. The maximum atomic E-state index is 12.1. The summed E-state index contributed by atoms with van der Waals surface area (Å²) in [7, 11) is 0. The first-order valence-electron chi connectivity index (χ1n) is 8.71. The van der Waals surface area contributed by atoms with Gasteiger partial charge in [-0.15, -0.1) is 0 Å². The highest BCUT2D eigenvalue weighted by Gasteiger charge is 2.07. The van der Waals surface area contributed by atoms with Crippen molar-refractivity contribution in [1.29, 1.82) is 0 Å². The van der Waals surface area contributed by atoms with E-state index < -0.39 is 0 Å². The van der Waals surface area contributed by atoms with E-state index in [1.807, 2.05) is 66.7 Å². The van der Waals surface area contributed by atoms with E-state index in [1.54, 1.807) is 0 Å². The van der Waals surface area contributed by atoms with Crippen molar-refractivity contribution < 1.29 is 9.53 Å². The predicted molar refractivity (Wildman–Crippen MR) is 112 cm³/mol. The molecule has 0 aliphatic heterocycles. The number of benzene rings is 3. The molecule has 3 aromatic rings. The number of amides is 1. The standard InChI is InChI=1S/C22H21BrN2O2/c23-19-10-12-20(13-11-19)25-22(26)16-27-21-9-5-4-8-18(21)15-24-14-17-6-2-1-3-7-17/h1-13,24H,14-16H2,(H,25,26).